The Bertz CT molecular complexity index is 1300. The van der Waals surface area contributed by atoms with E-state index in [2.05, 4.69) is 34.4 Å². The minimum Gasteiger partial charge on any atom is -0.454 e. The number of nitrogens with one attached hydrogen (secondary N) is 2. The van der Waals surface area contributed by atoms with Crippen molar-refractivity contribution < 1.29 is 9.52 Å². The summed E-state index contributed by atoms with van der Waals surface area (Å²) < 4.78 is 6.29. The second-order valence-electron chi connectivity index (χ2n) is 11.5. The summed E-state index contributed by atoms with van der Waals surface area (Å²) in [5, 5.41) is 18.9. The fourth-order valence-corrected chi connectivity index (χ4v) is 7.07. The number of rotatable bonds is 6. The van der Waals surface area contributed by atoms with Crippen molar-refractivity contribution in [2.45, 2.75) is 78.4 Å². The highest BCUT2D eigenvalue weighted by molar-refractivity contribution is 6.32. The zero-order valence-corrected chi connectivity index (χ0v) is 22.3. The molecule has 3 N–H and O–H groups in total. The molecular formula is C28H36ClN5O2. The van der Waals surface area contributed by atoms with E-state index in [1.807, 2.05) is 26.0 Å². The number of fused-ring (bicyclic) bond motifs is 2. The summed E-state index contributed by atoms with van der Waals surface area (Å²) >= 11 is 6.85. The summed E-state index contributed by atoms with van der Waals surface area (Å²) in [5.41, 5.74) is 3.19. The van der Waals surface area contributed by atoms with Crippen molar-refractivity contribution in [3.63, 3.8) is 0 Å². The lowest BCUT2D eigenvalue weighted by Crippen LogP contribution is -2.31. The third-order valence-corrected chi connectivity index (χ3v) is 9.58. The number of aliphatic hydroxyl groups is 1. The molecule has 3 saturated carbocycles. The van der Waals surface area contributed by atoms with Gasteiger partial charge in [0.15, 0.2) is 5.58 Å². The van der Waals surface area contributed by atoms with Crippen molar-refractivity contribution in [3.8, 4) is 11.3 Å². The molecule has 3 aromatic heterocycles. The first-order valence-corrected chi connectivity index (χ1v) is 13.8. The van der Waals surface area contributed by atoms with Crippen LogP contribution < -0.4 is 10.6 Å². The fourth-order valence-electron chi connectivity index (χ4n) is 6.81. The largest absolute Gasteiger partial charge is 0.454 e. The summed E-state index contributed by atoms with van der Waals surface area (Å²) in [4.78, 5) is 14.1. The molecule has 7 nitrogen and oxygen atoms in total. The topological polar surface area (TPSA) is 96.1 Å². The Kier molecular flexibility index (Phi) is 5.91. The minimum absolute atomic E-state index is 0.0314. The Morgan fingerprint density at radius 1 is 1.14 bits per heavy atom. The van der Waals surface area contributed by atoms with Gasteiger partial charge in [0.1, 0.15) is 16.7 Å². The molecule has 0 saturated heterocycles. The number of hydrogen-bond donors (Lipinski definition) is 3. The van der Waals surface area contributed by atoms with Crippen LogP contribution in [-0.4, -0.2) is 38.7 Å². The quantitative estimate of drug-likeness (QED) is 0.332. The van der Waals surface area contributed by atoms with Crippen LogP contribution in [-0.2, 0) is 0 Å². The van der Waals surface area contributed by atoms with Gasteiger partial charge in [-0.15, -0.1) is 0 Å². The predicted molar refractivity (Wildman–Crippen MR) is 143 cm³/mol. The molecule has 0 aromatic carbocycles. The van der Waals surface area contributed by atoms with Gasteiger partial charge in [-0.1, -0.05) is 44.7 Å². The Hall–Kier alpha value is -2.38. The van der Waals surface area contributed by atoms with Gasteiger partial charge in [-0.25, -0.2) is 4.98 Å². The normalized spacial score (nSPS) is 29.9. The highest BCUT2D eigenvalue weighted by Crippen LogP contribution is 2.66. The van der Waals surface area contributed by atoms with Crippen LogP contribution in [0.25, 0.3) is 22.3 Å². The van der Waals surface area contributed by atoms with Gasteiger partial charge >= 0.3 is 0 Å². The zero-order chi connectivity index (χ0) is 25.2. The first-order chi connectivity index (χ1) is 17.3. The van der Waals surface area contributed by atoms with E-state index in [0.717, 1.165) is 35.3 Å². The van der Waals surface area contributed by atoms with E-state index < -0.39 is 0 Å². The highest BCUT2D eigenvalue weighted by Gasteiger charge is 2.69. The van der Waals surface area contributed by atoms with E-state index in [9.17, 15) is 5.11 Å². The van der Waals surface area contributed by atoms with E-state index in [0.29, 0.717) is 46.0 Å². The van der Waals surface area contributed by atoms with Gasteiger partial charge in [-0.2, -0.15) is 4.98 Å². The van der Waals surface area contributed by atoms with Crippen LogP contribution in [0.5, 0.6) is 0 Å². The van der Waals surface area contributed by atoms with Crippen LogP contribution in [0.2, 0.25) is 5.15 Å². The molecule has 3 aliphatic carbocycles. The van der Waals surface area contributed by atoms with Crippen LogP contribution >= 0.6 is 11.6 Å². The summed E-state index contributed by atoms with van der Waals surface area (Å²) in [5.74, 6) is 3.14. The molecule has 3 aliphatic rings. The molecule has 3 aromatic rings. The number of halogens is 1. The van der Waals surface area contributed by atoms with Gasteiger partial charge in [0.25, 0.3) is 0 Å². The summed E-state index contributed by atoms with van der Waals surface area (Å²) in [7, 11) is 0. The predicted octanol–water partition coefficient (Wildman–Crippen LogP) is 6.36. The first-order valence-electron chi connectivity index (χ1n) is 13.4. The van der Waals surface area contributed by atoms with Gasteiger partial charge in [-0.05, 0) is 63.0 Å². The standard InChI is InChI=1S/C28H36ClN5O2/c1-14-10-18-11-21(36-23(18)16(3)31-14)22-25(29)33-27(30-13-17-8-6-5-7-9-17)34-26(22)32-20-12-19-24(35)28(19,4)15(20)2/h10-11,15,17,19-20,24,35H,5-9,12-13H2,1-4H3,(H2,30,32,33,34). The molecule has 0 bridgehead atoms. The number of nitrogens with zero attached hydrogens (tertiary/aromatic N) is 3. The van der Waals surface area contributed by atoms with Crippen molar-refractivity contribution in [3.05, 3.63) is 28.7 Å². The molecule has 8 heteroatoms. The molecule has 0 aliphatic heterocycles. The number of aryl methyl sites for hydroxylation is 2. The van der Waals surface area contributed by atoms with E-state index >= 15 is 0 Å². The maximum Gasteiger partial charge on any atom is 0.226 e. The smallest absolute Gasteiger partial charge is 0.226 e. The summed E-state index contributed by atoms with van der Waals surface area (Å²) in [6.07, 6.45) is 7.13. The van der Waals surface area contributed by atoms with Crippen LogP contribution in [0.3, 0.4) is 0 Å². The van der Waals surface area contributed by atoms with E-state index in [1.165, 1.54) is 32.1 Å². The van der Waals surface area contributed by atoms with Crippen molar-refractivity contribution in [2.75, 3.05) is 17.2 Å². The van der Waals surface area contributed by atoms with Gasteiger partial charge in [0.2, 0.25) is 5.95 Å². The average Bonchev–Trinajstić information content (AvgIpc) is 3.12. The van der Waals surface area contributed by atoms with Crippen LogP contribution in [0.15, 0.2) is 16.5 Å². The van der Waals surface area contributed by atoms with Gasteiger partial charge in [-0.3, -0.25) is 4.98 Å². The Labute approximate surface area is 217 Å². The SMILES string of the molecule is Cc1cc2cc(-c3c(Cl)nc(NCC4CCCCC4)nc3NC3CC4C(O)C4(C)C3C)oc2c(C)n1. The van der Waals surface area contributed by atoms with E-state index in [1.54, 1.807) is 0 Å². The summed E-state index contributed by atoms with van der Waals surface area (Å²) in [6, 6.07) is 4.21. The minimum atomic E-state index is -0.208. The lowest BCUT2D eigenvalue weighted by molar-refractivity contribution is 0.175. The van der Waals surface area contributed by atoms with Crippen molar-refractivity contribution >= 4 is 34.3 Å². The number of aliphatic hydroxyl groups excluding tert-OH is 1. The fraction of sp³-hybridized carbons (Fsp3) is 0.607. The highest BCUT2D eigenvalue weighted by atomic mass is 35.5. The third kappa shape index (κ3) is 3.95. The molecule has 3 fully saturated rings. The van der Waals surface area contributed by atoms with Gasteiger partial charge < -0.3 is 20.2 Å². The lowest BCUT2D eigenvalue weighted by Gasteiger charge is -2.27. The summed E-state index contributed by atoms with van der Waals surface area (Å²) in [6.45, 7) is 9.21. The van der Waals surface area contributed by atoms with E-state index in [-0.39, 0.29) is 17.6 Å². The maximum atomic E-state index is 10.4. The molecule has 6 rings (SSSR count). The molecule has 5 atom stereocenters. The van der Waals surface area contributed by atoms with Crippen LogP contribution in [0.1, 0.15) is 63.8 Å². The molecule has 5 unspecified atom stereocenters. The molecule has 192 valence electrons. The lowest BCUT2D eigenvalue weighted by atomic mass is 9.89. The number of hydrogen-bond acceptors (Lipinski definition) is 7. The zero-order valence-electron chi connectivity index (χ0n) is 21.6. The molecular weight excluding hydrogens is 474 g/mol. The Morgan fingerprint density at radius 3 is 2.64 bits per heavy atom. The molecule has 3 heterocycles. The van der Waals surface area contributed by atoms with Gasteiger partial charge in [0.05, 0.1) is 17.4 Å². The molecule has 36 heavy (non-hydrogen) atoms. The van der Waals surface area contributed by atoms with Gasteiger partial charge in [0, 0.05) is 29.1 Å². The Balaban J connectivity index is 1.35. The van der Waals surface area contributed by atoms with E-state index in [4.69, 9.17) is 21.0 Å². The molecule has 0 spiro atoms. The number of pyridine rings is 1. The second kappa shape index (κ2) is 8.88. The van der Waals surface area contributed by atoms with Crippen LogP contribution in [0, 0.1) is 37.0 Å². The first kappa shape index (κ1) is 24.0. The number of furan rings is 1. The third-order valence-electron chi connectivity index (χ3n) is 9.31. The van der Waals surface area contributed by atoms with Crippen molar-refractivity contribution in [1.82, 2.24) is 15.0 Å². The second-order valence-corrected chi connectivity index (χ2v) is 11.9. The Morgan fingerprint density at radius 2 is 1.92 bits per heavy atom. The number of aromatic nitrogens is 3. The monoisotopic (exact) mass is 509 g/mol. The van der Waals surface area contributed by atoms with Crippen LogP contribution in [0.4, 0.5) is 11.8 Å². The molecule has 0 amide bonds. The average molecular weight is 510 g/mol. The molecule has 0 radical (unpaired) electrons. The maximum absolute atomic E-state index is 10.4. The van der Waals surface area contributed by atoms with Crippen molar-refractivity contribution in [1.29, 1.82) is 0 Å². The number of anilines is 2. The van der Waals surface area contributed by atoms with Crippen molar-refractivity contribution in [2.24, 2.45) is 23.2 Å².